The van der Waals surface area contributed by atoms with E-state index in [0.29, 0.717) is 12.3 Å². The molecule has 0 aliphatic heterocycles. The normalized spacial score (nSPS) is 10.5. The summed E-state index contributed by atoms with van der Waals surface area (Å²) in [5, 5.41) is 5.59. The topological polar surface area (TPSA) is 50.4 Å². The molecular formula is C13H19FN2O2. The number of halogens is 1. The molecule has 1 rings (SSSR count). The molecule has 5 heteroatoms. The van der Waals surface area contributed by atoms with E-state index >= 15 is 0 Å². The Morgan fingerprint density at radius 1 is 1.44 bits per heavy atom. The van der Waals surface area contributed by atoms with Crippen molar-refractivity contribution in [1.29, 1.82) is 0 Å². The molecule has 0 atom stereocenters. The van der Waals surface area contributed by atoms with Crippen molar-refractivity contribution in [2.75, 3.05) is 18.5 Å². The highest BCUT2D eigenvalue weighted by Crippen LogP contribution is 2.20. The second-order valence-electron chi connectivity index (χ2n) is 4.16. The van der Waals surface area contributed by atoms with Crippen LogP contribution in [0.5, 0.6) is 5.75 Å². The van der Waals surface area contributed by atoms with Crippen molar-refractivity contribution in [2.24, 2.45) is 0 Å². The lowest BCUT2D eigenvalue weighted by Gasteiger charge is -2.10. The molecule has 1 aromatic carbocycles. The fourth-order valence-corrected chi connectivity index (χ4v) is 1.35. The summed E-state index contributed by atoms with van der Waals surface area (Å²) in [5.41, 5.74) is 0.423. The molecule has 0 saturated carbocycles. The van der Waals surface area contributed by atoms with Crippen LogP contribution in [0.25, 0.3) is 0 Å². The first-order chi connectivity index (χ1) is 8.52. The van der Waals surface area contributed by atoms with Gasteiger partial charge in [-0.05, 0) is 19.1 Å². The number of hydrogen-bond donors (Lipinski definition) is 2. The van der Waals surface area contributed by atoms with E-state index in [9.17, 15) is 9.18 Å². The van der Waals surface area contributed by atoms with Gasteiger partial charge in [0.1, 0.15) is 0 Å². The third kappa shape index (κ3) is 4.71. The van der Waals surface area contributed by atoms with Crippen LogP contribution in [0.15, 0.2) is 18.2 Å². The Bertz CT molecular complexity index is 408. The van der Waals surface area contributed by atoms with Crippen LogP contribution >= 0.6 is 0 Å². The second kappa shape index (κ2) is 6.96. The van der Waals surface area contributed by atoms with Gasteiger partial charge in [-0.1, -0.05) is 13.8 Å². The highest BCUT2D eigenvalue weighted by molar-refractivity contribution is 5.92. The minimum atomic E-state index is -0.480. The highest BCUT2D eigenvalue weighted by Gasteiger charge is 2.07. The molecule has 0 heterocycles. The van der Waals surface area contributed by atoms with Gasteiger partial charge in [0.2, 0.25) is 5.91 Å². The van der Waals surface area contributed by atoms with Gasteiger partial charge < -0.3 is 15.4 Å². The smallest absolute Gasteiger partial charge is 0.238 e. The first-order valence-electron chi connectivity index (χ1n) is 5.98. The molecule has 2 N–H and O–H groups in total. The summed E-state index contributed by atoms with van der Waals surface area (Å²) in [6, 6.07) is 4.59. The fraction of sp³-hybridized carbons (Fsp3) is 0.462. The number of carbonyl (C=O) groups is 1. The van der Waals surface area contributed by atoms with Gasteiger partial charge in [-0.3, -0.25) is 4.79 Å². The minimum Gasteiger partial charge on any atom is -0.491 e. The van der Waals surface area contributed by atoms with Crippen molar-refractivity contribution in [2.45, 2.75) is 26.8 Å². The molecule has 0 saturated heterocycles. The summed E-state index contributed by atoms with van der Waals surface area (Å²) in [5.74, 6) is -0.491. The number of benzene rings is 1. The van der Waals surface area contributed by atoms with Crippen molar-refractivity contribution in [3.63, 3.8) is 0 Å². The van der Waals surface area contributed by atoms with Crippen molar-refractivity contribution in [3.05, 3.63) is 24.0 Å². The average Bonchev–Trinajstić information content (AvgIpc) is 2.30. The third-order valence-electron chi connectivity index (χ3n) is 2.19. The van der Waals surface area contributed by atoms with Gasteiger partial charge in [0.25, 0.3) is 0 Å². The number of carbonyl (C=O) groups excluding carboxylic acids is 1. The van der Waals surface area contributed by atoms with Crippen LogP contribution in [0.4, 0.5) is 10.1 Å². The number of hydrogen-bond acceptors (Lipinski definition) is 3. The first-order valence-corrected chi connectivity index (χ1v) is 5.98. The number of anilines is 1. The van der Waals surface area contributed by atoms with Crippen molar-refractivity contribution >= 4 is 11.6 Å². The van der Waals surface area contributed by atoms with Crippen LogP contribution in [0.3, 0.4) is 0 Å². The quantitative estimate of drug-likeness (QED) is 0.818. The highest BCUT2D eigenvalue weighted by atomic mass is 19.1. The molecule has 0 fully saturated rings. The van der Waals surface area contributed by atoms with Crippen LogP contribution in [-0.4, -0.2) is 25.1 Å². The van der Waals surface area contributed by atoms with Gasteiger partial charge in [0.05, 0.1) is 13.2 Å². The third-order valence-corrected chi connectivity index (χ3v) is 2.19. The zero-order valence-corrected chi connectivity index (χ0v) is 10.9. The van der Waals surface area contributed by atoms with Crippen LogP contribution in [0.1, 0.15) is 20.8 Å². The van der Waals surface area contributed by atoms with E-state index in [0.717, 1.165) is 0 Å². The van der Waals surface area contributed by atoms with E-state index in [1.54, 1.807) is 13.0 Å². The molecule has 1 amide bonds. The second-order valence-corrected chi connectivity index (χ2v) is 4.16. The first kappa shape index (κ1) is 14.4. The summed E-state index contributed by atoms with van der Waals surface area (Å²) in [4.78, 5) is 11.5. The lowest BCUT2D eigenvalue weighted by molar-refractivity contribution is -0.115. The molecule has 0 spiro atoms. The van der Waals surface area contributed by atoms with Gasteiger partial charge in [0.15, 0.2) is 11.6 Å². The Morgan fingerprint density at radius 2 is 2.17 bits per heavy atom. The Labute approximate surface area is 107 Å². The molecular weight excluding hydrogens is 235 g/mol. The summed E-state index contributed by atoms with van der Waals surface area (Å²) < 4.78 is 18.6. The van der Waals surface area contributed by atoms with Gasteiger partial charge in [0, 0.05) is 17.8 Å². The molecule has 0 aromatic heterocycles. The van der Waals surface area contributed by atoms with E-state index in [1.165, 1.54) is 12.1 Å². The predicted octanol–water partition coefficient (Wildman–Crippen LogP) is 2.16. The Balaban J connectivity index is 2.57. The fourth-order valence-electron chi connectivity index (χ4n) is 1.35. The lowest BCUT2D eigenvalue weighted by Crippen LogP contribution is -2.32. The van der Waals surface area contributed by atoms with Crippen molar-refractivity contribution in [1.82, 2.24) is 5.32 Å². The molecule has 0 aliphatic carbocycles. The molecule has 100 valence electrons. The lowest BCUT2D eigenvalue weighted by atomic mass is 10.3. The van der Waals surface area contributed by atoms with E-state index in [4.69, 9.17) is 4.74 Å². The van der Waals surface area contributed by atoms with Crippen molar-refractivity contribution in [3.8, 4) is 5.75 Å². The van der Waals surface area contributed by atoms with Crippen LogP contribution in [0.2, 0.25) is 0 Å². The molecule has 0 unspecified atom stereocenters. The van der Waals surface area contributed by atoms with Gasteiger partial charge >= 0.3 is 0 Å². The van der Waals surface area contributed by atoms with Crippen molar-refractivity contribution < 1.29 is 13.9 Å². The molecule has 0 bridgehead atoms. The molecule has 4 nitrogen and oxygen atoms in total. The van der Waals surface area contributed by atoms with E-state index in [1.807, 2.05) is 13.8 Å². The number of nitrogens with one attached hydrogen (secondary N) is 2. The average molecular weight is 254 g/mol. The van der Waals surface area contributed by atoms with Gasteiger partial charge in [-0.2, -0.15) is 0 Å². The minimum absolute atomic E-state index is 0.191. The Hall–Kier alpha value is -1.62. The SMILES string of the molecule is CCOc1ccc(NC(=O)CNC(C)C)cc1F. The standard InChI is InChI=1S/C13H19FN2O2/c1-4-18-12-6-5-10(7-11(12)14)16-13(17)8-15-9(2)3/h5-7,9,15H,4,8H2,1-3H3,(H,16,17). The molecule has 0 radical (unpaired) electrons. The summed E-state index contributed by atoms with van der Waals surface area (Å²) >= 11 is 0. The van der Waals surface area contributed by atoms with E-state index < -0.39 is 5.82 Å². The van der Waals surface area contributed by atoms with Gasteiger partial charge in [-0.25, -0.2) is 4.39 Å². The van der Waals surface area contributed by atoms with E-state index in [-0.39, 0.29) is 24.2 Å². The number of rotatable bonds is 6. The largest absolute Gasteiger partial charge is 0.491 e. The van der Waals surface area contributed by atoms with Crippen LogP contribution in [0, 0.1) is 5.82 Å². The molecule has 1 aromatic rings. The van der Waals surface area contributed by atoms with E-state index in [2.05, 4.69) is 10.6 Å². The zero-order chi connectivity index (χ0) is 13.5. The van der Waals surface area contributed by atoms with Crippen LogP contribution in [-0.2, 0) is 4.79 Å². The van der Waals surface area contributed by atoms with Gasteiger partial charge in [-0.15, -0.1) is 0 Å². The maximum atomic E-state index is 13.5. The monoisotopic (exact) mass is 254 g/mol. The summed E-state index contributed by atoms with van der Waals surface area (Å²) in [7, 11) is 0. The Morgan fingerprint density at radius 3 is 2.72 bits per heavy atom. The molecule has 0 aliphatic rings. The predicted molar refractivity (Wildman–Crippen MR) is 69.3 cm³/mol. The number of ether oxygens (including phenoxy) is 1. The summed E-state index contributed by atoms with van der Waals surface area (Å²) in [6.07, 6.45) is 0. The maximum Gasteiger partial charge on any atom is 0.238 e. The van der Waals surface area contributed by atoms with Crippen LogP contribution < -0.4 is 15.4 Å². The number of amides is 1. The maximum absolute atomic E-state index is 13.5. The molecule has 18 heavy (non-hydrogen) atoms. The summed E-state index contributed by atoms with van der Waals surface area (Å²) in [6.45, 7) is 6.29. The zero-order valence-electron chi connectivity index (χ0n) is 10.9. The Kier molecular flexibility index (Phi) is 5.58.